The van der Waals surface area contributed by atoms with Gasteiger partial charge in [-0.05, 0) is 30.5 Å². The van der Waals surface area contributed by atoms with E-state index in [-0.39, 0.29) is 0 Å². The summed E-state index contributed by atoms with van der Waals surface area (Å²) < 4.78 is 0. The van der Waals surface area contributed by atoms with Crippen LogP contribution in [-0.4, -0.2) is 12.1 Å². The number of rotatable bonds is 5. The highest BCUT2D eigenvalue weighted by Crippen LogP contribution is 2.22. The molecule has 21 heavy (non-hydrogen) atoms. The molecule has 0 heterocycles. The van der Waals surface area contributed by atoms with Crippen LogP contribution >= 0.6 is 0 Å². The molecule has 2 nitrogen and oxygen atoms in total. The van der Waals surface area contributed by atoms with Crippen molar-refractivity contribution in [2.24, 2.45) is 0 Å². The van der Waals surface area contributed by atoms with Crippen LogP contribution in [0, 0.1) is 0 Å². The fraction of sp³-hybridized carbons (Fsp3) is 0.368. The quantitative estimate of drug-likeness (QED) is 0.857. The van der Waals surface area contributed by atoms with Crippen molar-refractivity contribution in [2.75, 3.05) is 5.32 Å². The molecule has 3 rings (SSSR count). The summed E-state index contributed by atoms with van der Waals surface area (Å²) in [6, 6.07) is 22.3. The number of para-hydroxylation sites is 1. The second-order valence-corrected chi connectivity index (χ2v) is 5.87. The first-order valence-electron chi connectivity index (χ1n) is 8.01. The van der Waals surface area contributed by atoms with Gasteiger partial charge in [-0.3, -0.25) is 0 Å². The van der Waals surface area contributed by atoms with Crippen LogP contribution in [0.3, 0.4) is 0 Å². The molecule has 110 valence electrons. The number of anilines is 1. The Labute approximate surface area is 127 Å². The van der Waals surface area contributed by atoms with Gasteiger partial charge in [0.1, 0.15) is 0 Å². The van der Waals surface area contributed by atoms with Gasteiger partial charge in [-0.1, -0.05) is 61.4 Å². The minimum Gasteiger partial charge on any atom is -0.381 e. The lowest BCUT2D eigenvalue weighted by Gasteiger charge is -2.33. The molecule has 1 aliphatic carbocycles. The van der Waals surface area contributed by atoms with Crippen molar-refractivity contribution in [3.05, 3.63) is 66.2 Å². The summed E-state index contributed by atoms with van der Waals surface area (Å²) in [5.41, 5.74) is 2.59. The van der Waals surface area contributed by atoms with Crippen molar-refractivity contribution in [3.8, 4) is 0 Å². The summed E-state index contributed by atoms with van der Waals surface area (Å²) in [4.78, 5) is 0. The van der Waals surface area contributed by atoms with E-state index in [1.165, 1.54) is 36.9 Å². The van der Waals surface area contributed by atoms with Crippen molar-refractivity contribution in [1.29, 1.82) is 0 Å². The molecule has 1 aliphatic rings. The second kappa shape index (κ2) is 7.28. The molecule has 0 bridgehead atoms. The highest BCUT2D eigenvalue weighted by molar-refractivity contribution is 5.43. The van der Waals surface area contributed by atoms with E-state index in [1.54, 1.807) is 0 Å². The van der Waals surface area contributed by atoms with Crippen molar-refractivity contribution >= 4 is 5.69 Å². The lowest BCUT2D eigenvalue weighted by Crippen LogP contribution is -2.45. The summed E-state index contributed by atoms with van der Waals surface area (Å²) in [6.07, 6.45) is 5.17. The molecule has 1 fully saturated rings. The third-order valence-corrected chi connectivity index (χ3v) is 4.30. The average molecular weight is 280 g/mol. The molecular weight excluding hydrogens is 256 g/mol. The minimum absolute atomic E-state index is 0.532. The topological polar surface area (TPSA) is 24.1 Å². The molecule has 0 aromatic heterocycles. The Morgan fingerprint density at radius 2 is 1.38 bits per heavy atom. The molecular formula is C19H24N2. The summed E-state index contributed by atoms with van der Waals surface area (Å²) in [7, 11) is 0. The first kappa shape index (κ1) is 14.2. The molecule has 0 saturated heterocycles. The fourth-order valence-corrected chi connectivity index (χ4v) is 3.14. The van der Waals surface area contributed by atoms with E-state index in [9.17, 15) is 0 Å². The van der Waals surface area contributed by atoms with E-state index >= 15 is 0 Å². The maximum absolute atomic E-state index is 3.75. The van der Waals surface area contributed by atoms with Gasteiger partial charge in [-0.2, -0.15) is 0 Å². The van der Waals surface area contributed by atoms with Crippen LogP contribution in [0.4, 0.5) is 5.69 Å². The van der Waals surface area contributed by atoms with Gasteiger partial charge in [-0.15, -0.1) is 0 Å². The van der Waals surface area contributed by atoms with Gasteiger partial charge in [0.05, 0.1) is 0 Å². The largest absolute Gasteiger partial charge is 0.381 e. The van der Waals surface area contributed by atoms with E-state index in [2.05, 4.69) is 71.3 Å². The molecule has 0 aliphatic heterocycles. The van der Waals surface area contributed by atoms with Crippen molar-refractivity contribution in [1.82, 2.24) is 5.32 Å². The summed E-state index contributed by atoms with van der Waals surface area (Å²) in [6.45, 7) is 0.957. The Balaban J connectivity index is 1.59. The van der Waals surface area contributed by atoms with Gasteiger partial charge < -0.3 is 10.6 Å². The van der Waals surface area contributed by atoms with Gasteiger partial charge >= 0.3 is 0 Å². The molecule has 0 unspecified atom stereocenters. The van der Waals surface area contributed by atoms with E-state index in [0.29, 0.717) is 12.1 Å². The minimum atomic E-state index is 0.532. The van der Waals surface area contributed by atoms with Crippen molar-refractivity contribution in [2.45, 2.75) is 44.3 Å². The summed E-state index contributed by atoms with van der Waals surface area (Å²) in [5, 5.41) is 7.45. The normalized spacial score (nSPS) is 21.9. The molecule has 2 atom stereocenters. The Morgan fingerprint density at radius 1 is 0.762 bits per heavy atom. The van der Waals surface area contributed by atoms with Crippen LogP contribution < -0.4 is 10.6 Å². The zero-order chi connectivity index (χ0) is 14.3. The third-order valence-electron chi connectivity index (χ3n) is 4.30. The zero-order valence-corrected chi connectivity index (χ0v) is 12.5. The molecule has 2 heteroatoms. The molecule has 2 aromatic carbocycles. The first-order valence-corrected chi connectivity index (χ1v) is 8.01. The lowest BCUT2D eigenvalue weighted by atomic mass is 9.90. The maximum Gasteiger partial charge on any atom is 0.0414 e. The standard InChI is InChI=1S/C19H24N2/c1-3-9-16(10-4-1)15-20-18-13-7-8-14-19(18)21-17-11-5-2-6-12-17/h1-6,9-12,18-21H,7-8,13-15H2/t18-,19-/m1/s1. The Morgan fingerprint density at radius 3 is 2.10 bits per heavy atom. The van der Waals surface area contributed by atoms with Crippen molar-refractivity contribution < 1.29 is 0 Å². The van der Waals surface area contributed by atoms with E-state index in [1.807, 2.05) is 0 Å². The number of hydrogen-bond donors (Lipinski definition) is 2. The molecule has 1 saturated carbocycles. The molecule has 0 radical (unpaired) electrons. The van der Waals surface area contributed by atoms with Gasteiger partial charge in [0.15, 0.2) is 0 Å². The highest BCUT2D eigenvalue weighted by atomic mass is 15.0. The molecule has 0 amide bonds. The summed E-state index contributed by atoms with van der Waals surface area (Å²) in [5.74, 6) is 0. The van der Waals surface area contributed by atoms with Gasteiger partial charge in [0.25, 0.3) is 0 Å². The predicted octanol–water partition coefficient (Wildman–Crippen LogP) is 4.20. The van der Waals surface area contributed by atoms with E-state index in [0.717, 1.165) is 6.54 Å². The number of benzene rings is 2. The molecule has 2 aromatic rings. The van der Waals surface area contributed by atoms with Crippen LogP contribution in [0.15, 0.2) is 60.7 Å². The smallest absolute Gasteiger partial charge is 0.0414 e. The van der Waals surface area contributed by atoms with Gasteiger partial charge in [0.2, 0.25) is 0 Å². The summed E-state index contributed by atoms with van der Waals surface area (Å²) >= 11 is 0. The second-order valence-electron chi connectivity index (χ2n) is 5.87. The molecule has 2 N–H and O–H groups in total. The highest BCUT2D eigenvalue weighted by Gasteiger charge is 2.24. The molecule has 0 spiro atoms. The average Bonchev–Trinajstić information content (AvgIpc) is 2.56. The van der Waals surface area contributed by atoms with Crippen molar-refractivity contribution in [3.63, 3.8) is 0 Å². The van der Waals surface area contributed by atoms with Crippen LogP contribution in [0.25, 0.3) is 0 Å². The monoisotopic (exact) mass is 280 g/mol. The van der Waals surface area contributed by atoms with Crippen LogP contribution in [0.2, 0.25) is 0 Å². The first-order chi connectivity index (χ1) is 10.4. The Bertz CT molecular complexity index is 524. The third kappa shape index (κ3) is 4.08. The van der Waals surface area contributed by atoms with E-state index in [4.69, 9.17) is 0 Å². The number of nitrogens with one attached hydrogen (secondary N) is 2. The zero-order valence-electron chi connectivity index (χ0n) is 12.5. The maximum atomic E-state index is 3.75. The van der Waals surface area contributed by atoms with Gasteiger partial charge in [0, 0.05) is 24.3 Å². The lowest BCUT2D eigenvalue weighted by molar-refractivity contribution is 0.342. The predicted molar refractivity (Wildman–Crippen MR) is 89.4 cm³/mol. The van der Waals surface area contributed by atoms with Gasteiger partial charge in [-0.25, -0.2) is 0 Å². The SMILES string of the molecule is c1ccc(CN[C@@H]2CCCC[C@H]2Nc2ccccc2)cc1. The van der Waals surface area contributed by atoms with E-state index < -0.39 is 0 Å². The van der Waals surface area contributed by atoms with Crippen LogP contribution in [0.5, 0.6) is 0 Å². The van der Waals surface area contributed by atoms with Crippen LogP contribution in [0.1, 0.15) is 31.2 Å². The fourth-order valence-electron chi connectivity index (χ4n) is 3.14. The Kier molecular flexibility index (Phi) is 4.90. The Hall–Kier alpha value is -1.80. The number of hydrogen-bond acceptors (Lipinski definition) is 2. The van der Waals surface area contributed by atoms with Crippen LogP contribution in [-0.2, 0) is 6.54 Å².